The molecule has 0 aliphatic carbocycles. The molecule has 0 atom stereocenters. The van der Waals surface area contributed by atoms with Crippen LogP contribution in [0.2, 0.25) is 0 Å². The van der Waals surface area contributed by atoms with Gasteiger partial charge >= 0.3 is 0 Å². The number of rotatable bonds is 1. The Morgan fingerprint density at radius 1 is 1.17 bits per heavy atom. The summed E-state index contributed by atoms with van der Waals surface area (Å²) in [6, 6.07) is 2.96. The predicted octanol–water partition coefficient (Wildman–Crippen LogP) is 0.962. The van der Waals surface area contributed by atoms with Crippen molar-refractivity contribution in [3.05, 3.63) is 35.4 Å². The van der Waals surface area contributed by atoms with Crippen LogP contribution in [0.3, 0.4) is 0 Å². The third-order valence-corrected chi connectivity index (χ3v) is 1.36. The molecule has 2 nitrogen and oxygen atoms in total. The maximum absolute atomic E-state index is 12.7. The number of hydrogen-bond donors (Lipinski definition) is 2. The smallest absolute Gasteiger partial charge is 0.240 e. The molecule has 0 aliphatic heterocycles. The van der Waals surface area contributed by atoms with Gasteiger partial charge in [-0.05, 0) is 12.1 Å². The highest BCUT2D eigenvalue weighted by Crippen LogP contribution is 2.19. The molecule has 0 amide bonds. The van der Waals surface area contributed by atoms with Gasteiger partial charge in [-0.3, -0.25) is 11.5 Å². The standard InChI is InChI=1S/C7H7F3N2/c8-5-3-1-2-4(6(5)9)7(10,11)12/h1-3H,11-12H2. The Morgan fingerprint density at radius 3 is 2.17 bits per heavy atom. The molecule has 1 aromatic carbocycles. The Balaban J connectivity index is 3.26. The van der Waals surface area contributed by atoms with E-state index in [0.29, 0.717) is 0 Å². The zero-order valence-electron chi connectivity index (χ0n) is 6.02. The maximum atomic E-state index is 12.7. The summed E-state index contributed by atoms with van der Waals surface area (Å²) in [5.74, 6) is -5.37. The van der Waals surface area contributed by atoms with E-state index in [4.69, 9.17) is 11.5 Å². The molecule has 0 aliphatic rings. The molecule has 0 heterocycles. The summed E-state index contributed by atoms with van der Waals surface area (Å²) in [4.78, 5) is 0. The summed E-state index contributed by atoms with van der Waals surface area (Å²) in [7, 11) is 0. The van der Waals surface area contributed by atoms with E-state index in [2.05, 4.69) is 0 Å². The van der Waals surface area contributed by atoms with Gasteiger partial charge in [-0.1, -0.05) is 6.07 Å². The van der Waals surface area contributed by atoms with Crippen molar-refractivity contribution in [1.82, 2.24) is 0 Å². The predicted molar refractivity (Wildman–Crippen MR) is 37.5 cm³/mol. The van der Waals surface area contributed by atoms with Crippen molar-refractivity contribution < 1.29 is 13.2 Å². The van der Waals surface area contributed by atoms with E-state index < -0.39 is 23.1 Å². The van der Waals surface area contributed by atoms with E-state index >= 15 is 0 Å². The Kier molecular flexibility index (Phi) is 2.08. The lowest BCUT2D eigenvalue weighted by Gasteiger charge is -2.14. The van der Waals surface area contributed by atoms with E-state index in [1.54, 1.807) is 0 Å². The second kappa shape index (κ2) is 2.76. The molecule has 1 rings (SSSR count). The minimum Gasteiger partial charge on any atom is -0.283 e. The fourth-order valence-corrected chi connectivity index (χ4v) is 0.800. The van der Waals surface area contributed by atoms with Crippen LogP contribution in [0.25, 0.3) is 0 Å². The van der Waals surface area contributed by atoms with Gasteiger partial charge in [0.2, 0.25) is 5.92 Å². The van der Waals surface area contributed by atoms with Crippen LogP contribution in [0, 0.1) is 11.6 Å². The molecular weight excluding hydrogens is 169 g/mol. The third kappa shape index (κ3) is 1.57. The van der Waals surface area contributed by atoms with Crippen LogP contribution < -0.4 is 11.5 Å². The SMILES string of the molecule is NC(N)(F)c1cccc(F)c1F. The van der Waals surface area contributed by atoms with Gasteiger partial charge in [-0.2, -0.15) is 0 Å². The number of halogens is 3. The highest BCUT2D eigenvalue weighted by Gasteiger charge is 2.25. The van der Waals surface area contributed by atoms with Crippen LogP contribution >= 0.6 is 0 Å². The Bertz CT molecular complexity index is 293. The summed E-state index contributed by atoms with van der Waals surface area (Å²) in [6.45, 7) is 0. The van der Waals surface area contributed by atoms with Crippen molar-refractivity contribution in [3.8, 4) is 0 Å². The molecule has 0 bridgehead atoms. The molecule has 0 saturated carbocycles. The molecule has 5 heteroatoms. The average molecular weight is 176 g/mol. The number of benzene rings is 1. The maximum Gasteiger partial charge on any atom is 0.240 e. The topological polar surface area (TPSA) is 52.0 Å². The summed E-state index contributed by atoms with van der Waals surface area (Å²) >= 11 is 0. The molecule has 66 valence electrons. The van der Waals surface area contributed by atoms with E-state index in [-0.39, 0.29) is 0 Å². The third-order valence-electron chi connectivity index (χ3n) is 1.36. The largest absolute Gasteiger partial charge is 0.283 e. The van der Waals surface area contributed by atoms with Crippen LogP contribution in [-0.2, 0) is 5.92 Å². The van der Waals surface area contributed by atoms with Gasteiger partial charge in [0, 0.05) is 0 Å². The lowest BCUT2D eigenvalue weighted by Crippen LogP contribution is -2.42. The summed E-state index contributed by atoms with van der Waals surface area (Å²) in [5, 5.41) is 0. The quantitative estimate of drug-likeness (QED) is 0.494. The monoisotopic (exact) mass is 176 g/mol. The van der Waals surface area contributed by atoms with Gasteiger partial charge in [0.25, 0.3) is 0 Å². The Labute approximate surface area is 67.0 Å². The first-order valence-corrected chi connectivity index (χ1v) is 3.14. The van der Waals surface area contributed by atoms with Crippen LogP contribution in [0.1, 0.15) is 5.56 Å². The molecule has 12 heavy (non-hydrogen) atoms. The lowest BCUT2D eigenvalue weighted by atomic mass is 10.1. The summed E-state index contributed by atoms with van der Waals surface area (Å²) in [5.41, 5.74) is 8.77. The molecule has 0 fully saturated rings. The zero-order valence-corrected chi connectivity index (χ0v) is 6.02. The molecule has 0 aromatic heterocycles. The van der Waals surface area contributed by atoms with Gasteiger partial charge in [0.1, 0.15) is 0 Å². The normalized spacial score (nSPS) is 11.8. The van der Waals surface area contributed by atoms with Gasteiger partial charge in [0.05, 0.1) is 5.56 Å². The minimum atomic E-state index is -2.84. The first-order chi connectivity index (χ1) is 5.43. The van der Waals surface area contributed by atoms with Crippen molar-refractivity contribution in [2.75, 3.05) is 0 Å². The van der Waals surface area contributed by atoms with Gasteiger partial charge < -0.3 is 0 Å². The van der Waals surface area contributed by atoms with Crippen LogP contribution in [0.15, 0.2) is 18.2 Å². The van der Waals surface area contributed by atoms with Crippen LogP contribution in [0.5, 0.6) is 0 Å². The summed E-state index contributed by atoms with van der Waals surface area (Å²) in [6.07, 6.45) is 0. The average Bonchev–Trinajstić information content (AvgIpc) is 1.92. The number of alkyl halides is 1. The second-order valence-corrected chi connectivity index (χ2v) is 2.37. The van der Waals surface area contributed by atoms with E-state index in [1.165, 1.54) is 0 Å². The van der Waals surface area contributed by atoms with Crippen LogP contribution in [-0.4, -0.2) is 0 Å². The van der Waals surface area contributed by atoms with Crippen molar-refractivity contribution in [2.45, 2.75) is 5.92 Å². The van der Waals surface area contributed by atoms with Crippen molar-refractivity contribution in [3.63, 3.8) is 0 Å². The molecule has 1 aromatic rings. The minimum absolute atomic E-state index is 0.692. The van der Waals surface area contributed by atoms with E-state index in [0.717, 1.165) is 18.2 Å². The van der Waals surface area contributed by atoms with Crippen LogP contribution in [0.4, 0.5) is 13.2 Å². The van der Waals surface area contributed by atoms with E-state index in [1.807, 2.05) is 0 Å². The highest BCUT2D eigenvalue weighted by molar-refractivity contribution is 5.23. The Morgan fingerprint density at radius 2 is 1.75 bits per heavy atom. The number of hydrogen-bond acceptors (Lipinski definition) is 2. The van der Waals surface area contributed by atoms with E-state index in [9.17, 15) is 13.2 Å². The van der Waals surface area contributed by atoms with Crippen molar-refractivity contribution in [2.24, 2.45) is 11.5 Å². The molecule has 0 saturated heterocycles. The highest BCUT2D eigenvalue weighted by atomic mass is 19.2. The second-order valence-electron chi connectivity index (χ2n) is 2.37. The molecule has 4 N–H and O–H groups in total. The fourth-order valence-electron chi connectivity index (χ4n) is 0.800. The first kappa shape index (κ1) is 9.02. The first-order valence-electron chi connectivity index (χ1n) is 3.14. The molecule has 0 radical (unpaired) electrons. The van der Waals surface area contributed by atoms with Gasteiger partial charge in [-0.25, -0.2) is 13.2 Å². The van der Waals surface area contributed by atoms with Gasteiger partial charge in [0.15, 0.2) is 11.6 Å². The Hall–Kier alpha value is -1.07. The molecular formula is C7H7F3N2. The molecule has 0 unspecified atom stereocenters. The van der Waals surface area contributed by atoms with Crippen molar-refractivity contribution >= 4 is 0 Å². The van der Waals surface area contributed by atoms with Gasteiger partial charge in [-0.15, -0.1) is 0 Å². The fraction of sp³-hybridized carbons (Fsp3) is 0.143. The lowest BCUT2D eigenvalue weighted by molar-refractivity contribution is 0.176. The zero-order chi connectivity index (χ0) is 9.35. The molecule has 0 spiro atoms. The summed E-state index contributed by atoms with van der Waals surface area (Å²) < 4.78 is 37.9. The van der Waals surface area contributed by atoms with Crippen molar-refractivity contribution in [1.29, 1.82) is 0 Å². The number of nitrogens with two attached hydrogens (primary N) is 2.